The minimum Gasteiger partial charge on any atom is -0.447 e. The summed E-state index contributed by atoms with van der Waals surface area (Å²) in [5.41, 5.74) is 0.981. The van der Waals surface area contributed by atoms with Gasteiger partial charge in [-0.3, -0.25) is 10.4 Å². The summed E-state index contributed by atoms with van der Waals surface area (Å²) in [6.07, 6.45) is -0.611. The van der Waals surface area contributed by atoms with Gasteiger partial charge in [-0.2, -0.15) is 5.10 Å². The molecule has 5 heteroatoms. The lowest BCUT2D eigenvalue weighted by molar-refractivity contribution is 0.130. The van der Waals surface area contributed by atoms with E-state index >= 15 is 0 Å². The van der Waals surface area contributed by atoms with Crippen LogP contribution in [0.1, 0.15) is 39.3 Å². The molecule has 0 radical (unpaired) electrons. The van der Waals surface area contributed by atoms with Crippen LogP contribution in [0, 0.1) is 0 Å². The number of hydrogen-bond donors (Lipinski definition) is 2. The summed E-state index contributed by atoms with van der Waals surface area (Å²) in [4.78, 5) is 11.2. The van der Waals surface area contributed by atoms with Crippen molar-refractivity contribution in [1.82, 2.24) is 10.2 Å². The van der Waals surface area contributed by atoms with Crippen LogP contribution in [-0.4, -0.2) is 22.4 Å². The van der Waals surface area contributed by atoms with Gasteiger partial charge in [-0.1, -0.05) is 13.8 Å². The molecule has 1 aromatic heterocycles. The van der Waals surface area contributed by atoms with Gasteiger partial charge >= 0.3 is 6.09 Å². The highest BCUT2D eigenvalue weighted by Crippen LogP contribution is 2.14. The van der Waals surface area contributed by atoms with Gasteiger partial charge in [-0.15, -0.1) is 0 Å². The predicted octanol–water partition coefficient (Wildman–Crippen LogP) is 2.49. The van der Waals surface area contributed by atoms with Gasteiger partial charge in [0.15, 0.2) is 5.82 Å². The lowest BCUT2D eigenvalue weighted by Gasteiger charge is -2.06. The maximum atomic E-state index is 11.2. The van der Waals surface area contributed by atoms with Crippen molar-refractivity contribution in [3.05, 3.63) is 11.8 Å². The Morgan fingerprint density at radius 2 is 2.13 bits per heavy atom. The van der Waals surface area contributed by atoms with Crippen LogP contribution >= 0.6 is 0 Å². The number of nitrogens with one attached hydrogen (secondary N) is 2. The van der Waals surface area contributed by atoms with Crippen molar-refractivity contribution in [1.29, 1.82) is 0 Å². The Morgan fingerprint density at radius 3 is 2.60 bits per heavy atom. The Kier molecular flexibility index (Phi) is 3.71. The number of anilines is 1. The summed E-state index contributed by atoms with van der Waals surface area (Å²) in [5, 5.41) is 9.34. The fourth-order valence-electron chi connectivity index (χ4n) is 1.04. The molecule has 0 saturated carbocycles. The van der Waals surface area contributed by atoms with Gasteiger partial charge in [-0.05, 0) is 19.8 Å². The molecule has 0 saturated heterocycles. The number of amides is 1. The largest absolute Gasteiger partial charge is 0.447 e. The molecule has 1 heterocycles. The number of carbonyl (C=O) groups is 1. The first-order valence-corrected chi connectivity index (χ1v) is 5.02. The zero-order valence-corrected chi connectivity index (χ0v) is 9.50. The highest BCUT2D eigenvalue weighted by molar-refractivity contribution is 5.83. The van der Waals surface area contributed by atoms with Gasteiger partial charge in [-0.25, -0.2) is 4.79 Å². The zero-order chi connectivity index (χ0) is 11.4. The first kappa shape index (κ1) is 11.6. The third kappa shape index (κ3) is 3.61. The number of aromatic amines is 1. The topological polar surface area (TPSA) is 67.0 Å². The molecule has 84 valence electrons. The van der Waals surface area contributed by atoms with Crippen molar-refractivity contribution >= 4 is 11.9 Å². The van der Waals surface area contributed by atoms with Crippen LogP contribution in [0.25, 0.3) is 0 Å². The van der Waals surface area contributed by atoms with Gasteiger partial charge in [0.2, 0.25) is 0 Å². The van der Waals surface area contributed by atoms with Crippen LogP contribution in [0.5, 0.6) is 0 Å². The normalized spacial score (nSPS) is 10.8. The molecule has 15 heavy (non-hydrogen) atoms. The van der Waals surface area contributed by atoms with E-state index in [4.69, 9.17) is 4.74 Å². The van der Waals surface area contributed by atoms with Gasteiger partial charge in [0.25, 0.3) is 0 Å². The van der Waals surface area contributed by atoms with Crippen LogP contribution in [-0.2, 0) is 4.74 Å². The second-order valence-corrected chi connectivity index (χ2v) is 3.94. The molecule has 0 aliphatic heterocycles. The van der Waals surface area contributed by atoms with Crippen molar-refractivity contribution < 1.29 is 9.53 Å². The van der Waals surface area contributed by atoms with Gasteiger partial charge in [0.05, 0.1) is 6.10 Å². The minimum atomic E-state index is -0.480. The SMILES string of the molecule is CC(C)OC(=O)Nc1cc(C(C)C)[nH]n1. The quantitative estimate of drug-likeness (QED) is 0.807. The molecule has 0 aliphatic carbocycles. The third-order valence-corrected chi connectivity index (χ3v) is 1.79. The summed E-state index contributed by atoms with van der Waals surface area (Å²) in [7, 11) is 0. The molecule has 0 bridgehead atoms. The van der Waals surface area contributed by atoms with E-state index in [1.807, 2.05) is 13.8 Å². The van der Waals surface area contributed by atoms with Gasteiger partial charge < -0.3 is 4.74 Å². The second kappa shape index (κ2) is 4.82. The lowest BCUT2D eigenvalue weighted by Crippen LogP contribution is -2.18. The van der Waals surface area contributed by atoms with E-state index in [0.717, 1.165) is 5.69 Å². The third-order valence-electron chi connectivity index (χ3n) is 1.79. The number of nitrogens with zero attached hydrogens (tertiary/aromatic N) is 1. The molecular formula is C10H17N3O2. The highest BCUT2D eigenvalue weighted by atomic mass is 16.6. The number of hydrogen-bond acceptors (Lipinski definition) is 3. The Bertz CT molecular complexity index is 331. The Hall–Kier alpha value is -1.52. The van der Waals surface area contributed by atoms with Gasteiger partial charge in [0, 0.05) is 11.8 Å². The monoisotopic (exact) mass is 211 g/mol. The van der Waals surface area contributed by atoms with Crippen molar-refractivity contribution in [2.45, 2.75) is 39.7 Å². The molecule has 5 nitrogen and oxygen atoms in total. The first-order valence-electron chi connectivity index (χ1n) is 5.02. The van der Waals surface area contributed by atoms with Crippen LogP contribution < -0.4 is 5.32 Å². The molecule has 1 amide bonds. The Morgan fingerprint density at radius 1 is 1.47 bits per heavy atom. The van der Waals surface area contributed by atoms with Crippen molar-refractivity contribution in [3.63, 3.8) is 0 Å². The average Bonchev–Trinajstić information content (AvgIpc) is 2.50. The summed E-state index contributed by atoms with van der Waals surface area (Å²) >= 11 is 0. The molecule has 1 rings (SSSR count). The van der Waals surface area contributed by atoms with Crippen molar-refractivity contribution in [2.75, 3.05) is 5.32 Å². The molecular weight excluding hydrogens is 194 g/mol. The molecule has 0 fully saturated rings. The Balaban J connectivity index is 2.53. The molecule has 0 unspecified atom stereocenters. The molecule has 0 spiro atoms. The minimum absolute atomic E-state index is 0.131. The number of H-pyrrole nitrogens is 1. The van der Waals surface area contributed by atoms with E-state index in [9.17, 15) is 4.79 Å². The fraction of sp³-hybridized carbons (Fsp3) is 0.600. The van der Waals surface area contributed by atoms with Crippen LogP contribution in [0.3, 0.4) is 0 Å². The molecule has 2 N–H and O–H groups in total. The maximum absolute atomic E-state index is 11.2. The molecule has 0 aliphatic rings. The van der Waals surface area contributed by atoms with Crippen LogP contribution in [0.2, 0.25) is 0 Å². The van der Waals surface area contributed by atoms with E-state index in [-0.39, 0.29) is 6.10 Å². The van der Waals surface area contributed by atoms with Crippen molar-refractivity contribution in [2.24, 2.45) is 0 Å². The maximum Gasteiger partial charge on any atom is 0.413 e. The van der Waals surface area contributed by atoms with E-state index < -0.39 is 6.09 Å². The second-order valence-electron chi connectivity index (χ2n) is 3.94. The smallest absolute Gasteiger partial charge is 0.413 e. The Labute approximate surface area is 89.2 Å². The van der Waals surface area contributed by atoms with Crippen molar-refractivity contribution in [3.8, 4) is 0 Å². The van der Waals surface area contributed by atoms with Crippen LogP contribution in [0.4, 0.5) is 10.6 Å². The number of ether oxygens (including phenoxy) is 1. The number of carbonyl (C=O) groups excluding carboxylic acids is 1. The van der Waals surface area contributed by atoms with E-state index in [1.165, 1.54) is 0 Å². The highest BCUT2D eigenvalue weighted by Gasteiger charge is 2.09. The van der Waals surface area contributed by atoms with Gasteiger partial charge in [0.1, 0.15) is 0 Å². The number of aromatic nitrogens is 2. The molecule has 0 atom stereocenters. The lowest BCUT2D eigenvalue weighted by atomic mass is 10.1. The standard InChI is InChI=1S/C10H17N3O2/c1-6(2)8-5-9(13-12-8)11-10(14)15-7(3)4/h5-7H,1-4H3,(H2,11,12,13,14). The fourth-order valence-corrected chi connectivity index (χ4v) is 1.04. The predicted molar refractivity (Wildman–Crippen MR) is 57.9 cm³/mol. The zero-order valence-electron chi connectivity index (χ0n) is 9.50. The number of rotatable bonds is 3. The summed E-state index contributed by atoms with van der Waals surface area (Å²) < 4.78 is 4.92. The van der Waals surface area contributed by atoms with E-state index in [0.29, 0.717) is 11.7 Å². The van der Waals surface area contributed by atoms with E-state index in [1.54, 1.807) is 19.9 Å². The molecule has 1 aromatic rings. The average molecular weight is 211 g/mol. The first-order chi connectivity index (χ1) is 6.99. The summed E-state index contributed by atoms with van der Waals surface area (Å²) in [6.45, 7) is 7.68. The van der Waals surface area contributed by atoms with E-state index in [2.05, 4.69) is 15.5 Å². The summed E-state index contributed by atoms with van der Waals surface area (Å²) in [6, 6.07) is 1.80. The summed E-state index contributed by atoms with van der Waals surface area (Å²) in [5.74, 6) is 0.846. The van der Waals surface area contributed by atoms with Crippen LogP contribution in [0.15, 0.2) is 6.07 Å². The molecule has 0 aromatic carbocycles.